The highest BCUT2D eigenvalue weighted by molar-refractivity contribution is 6.05. The van der Waals surface area contributed by atoms with Gasteiger partial charge in [-0.2, -0.15) is 5.10 Å². The lowest BCUT2D eigenvalue weighted by Crippen LogP contribution is -2.26. The second-order valence-corrected chi connectivity index (χ2v) is 5.04. The van der Waals surface area contributed by atoms with E-state index in [1.54, 1.807) is 55.7 Å². The Bertz CT molecular complexity index is 785. The van der Waals surface area contributed by atoms with Gasteiger partial charge < -0.3 is 5.32 Å². The summed E-state index contributed by atoms with van der Waals surface area (Å²) in [7, 11) is 1.69. The molecule has 1 heterocycles. The van der Waals surface area contributed by atoms with E-state index < -0.39 is 0 Å². The molecule has 0 fully saturated rings. The van der Waals surface area contributed by atoms with Crippen molar-refractivity contribution in [3.63, 3.8) is 0 Å². The number of rotatable bonds is 8. The number of hydrogen-bond acceptors (Lipinski definition) is 5. The molecule has 0 atom stereocenters. The van der Waals surface area contributed by atoms with Crippen LogP contribution in [0.25, 0.3) is 0 Å². The Labute approximate surface area is 145 Å². The van der Waals surface area contributed by atoms with Crippen LogP contribution in [0.5, 0.6) is 0 Å². The van der Waals surface area contributed by atoms with Crippen LogP contribution in [0.15, 0.2) is 70.7 Å². The minimum absolute atomic E-state index is 0.199. The molecule has 0 radical (unpaired) electrons. The van der Waals surface area contributed by atoms with E-state index in [-0.39, 0.29) is 18.1 Å². The second kappa shape index (κ2) is 9.07. The Balaban J connectivity index is 2.22. The van der Waals surface area contributed by atoms with E-state index in [0.717, 1.165) is 0 Å². The number of hydrogen-bond donors (Lipinski definition) is 2. The maximum Gasteiger partial charge on any atom is 0.135 e. The van der Waals surface area contributed by atoms with Gasteiger partial charge in [0.15, 0.2) is 0 Å². The molecular weight excluding hydrogens is 319 g/mol. The second-order valence-electron chi connectivity index (χ2n) is 5.04. The van der Waals surface area contributed by atoms with Crippen molar-refractivity contribution in [2.45, 2.75) is 6.54 Å². The molecule has 128 valence electrons. The van der Waals surface area contributed by atoms with Crippen LogP contribution in [0.3, 0.4) is 0 Å². The summed E-state index contributed by atoms with van der Waals surface area (Å²) in [5.74, 6) is 0.201. The maximum atomic E-state index is 13.8. The summed E-state index contributed by atoms with van der Waals surface area (Å²) >= 11 is 0. The molecule has 7 heteroatoms. The Morgan fingerprint density at radius 1 is 1.32 bits per heavy atom. The van der Waals surface area contributed by atoms with Gasteiger partial charge in [-0.05, 0) is 24.9 Å². The van der Waals surface area contributed by atoms with E-state index in [4.69, 9.17) is 5.41 Å². The van der Waals surface area contributed by atoms with E-state index >= 15 is 0 Å². The first kappa shape index (κ1) is 18.0. The average Bonchev–Trinajstić information content (AvgIpc) is 2.64. The summed E-state index contributed by atoms with van der Waals surface area (Å²) in [5.41, 5.74) is 1.23. The molecule has 0 saturated carbocycles. The van der Waals surface area contributed by atoms with E-state index in [9.17, 15) is 4.39 Å². The number of benzene rings is 1. The van der Waals surface area contributed by atoms with Gasteiger partial charge in [0.1, 0.15) is 18.0 Å². The van der Waals surface area contributed by atoms with Gasteiger partial charge in [0.25, 0.3) is 0 Å². The van der Waals surface area contributed by atoms with E-state index in [0.29, 0.717) is 17.1 Å². The number of nitrogens with one attached hydrogen (secondary N) is 2. The molecule has 0 amide bonds. The number of pyridine rings is 1. The molecule has 0 saturated heterocycles. The minimum Gasteiger partial charge on any atom is -0.366 e. The van der Waals surface area contributed by atoms with Crippen molar-refractivity contribution in [3.05, 3.63) is 77.6 Å². The van der Waals surface area contributed by atoms with Crippen molar-refractivity contribution < 1.29 is 4.39 Å². The Hall–Kier alpha value is -3.35. The predicted octanol–water partition coefficient (Wildman–Crippen LogP) is 2.80. The minimum atomic E-state index is -0.298. The largest absolute Gasteiger partial charge is 0.366 e. The summed E-state index contributed by atoms with van der Waals surface area (Å²) < 4.78 is 13.8. The lowest BCUT2D eigenvalue weighted by atomic mass is 10.2. The van der Waals surface area contributed by atoms with Gasteiger partial charge in [0.05, 0.1) is 11.4 Å². The summed E-state index contributed by atoms with van der Waals surface area (Å²) in [4.78, 5) is 7.71. The molecule has 25 heavy (non-hydrogen) atoms. The molecule has 2 aromatic rings. The Kier molecular flexibility index (Phi) is 6.53. The average molecular weight is 338 g/mol. The highest BCUT2D eigenvalue weighted by Crippen LogP contribution is 2.09. The number of hydrazone groups is 1. The third-order valence-corrected chi connectivity index (χ3v) is 3.29. The zero-order chi connectivity index (χ0) is 18.1. The molecule has 2 N–H and O–H groups in total. The lowest BCUT2D eigenvalue weighted by Gasteiger charge is -2.19. The van der Waals surface area contributed by atoms with Crippen LogP contribution in [-0.4, -0.2) is 35.8 Å². The third-order valence-electron chi connectivity index (χ3n) is 3.29. The smallest absolute Gasteiger partial charge is 0.135 e. The van der Waals surface area contributed by atoms with Gasteiger partial charge >= 0.3 is 0 Å². The fraction of sp³-hybridized carbons (Fsp3) is 0.111. The van der Waals surface area contributed by atoms with Crippen molar-refractivity contribution in [1.29, 1.82) is 5.41 Å². The highest BCUT2D eigenvalue weighted by atomic mass is 19.1. The molecular formula is C18H19FN6. The zero-order valence-corrected chi connectivity index (χ0v) is 13.9. The molecule has 0 spiro atoms. The molecule has 0 bridgehead atoms. The van der Waals surface area contributed by atoms with Crippen LogP contribution in [0.4, 0.5) is 4.39 Å². The van der Waals surface area contributed by atoms with E-state index in [2.05, 4.69) is 27.1 Å². The summed E-state index contributed by atoms with van der Waals surface area (Å²) in [6.07, 6.45) is 4.47. The van der Waals surface area contributed by atoms with Gasteiger partial charge in [0, 0.05) is 31.4 Å². The predicted molar refractivity (Wildman–Crippen MR) is 98.2 cm³/mol. The van der Waals surface area contributed by atoms with E-state index in [1.807, 2.05) is 0 Å². The molecule has 0 aliphatic heterocycles. The van der Waals surface area contributed by atoms with Crippen molar-refractivity contribution in [1.82, 2.24) is 15.3 Å². The van der Waals surface area contributed by atoms with Crippen LogP contribution >= 0.6 is 0 Å². The molecule has 1 aromatic carbocycles. The Morgan fingerprint density at radius 2 is 2.08 bits per heavy atom. The Morgan fingerprint density at radius 3 is 2.76 bits per heavy atom. The number of halogens is 1. The van der Waals surface area contributed by atoms with Gasteiger partial charge in [-0.3, -0.25) is 20.4 Å². The molecule has 0 unspecified atom stereocenters. The number of allylic oxidation sites excluding steroid dienone is 1. The van der Waals surface area contributed by atoms with Gasteiger partial charge in [-0.15, -0.1) is 0 Å². The standard InChI is InChI=1S/C18H19FN6/c1-21-13-24-25(2)18(11-16(20)17-9-5-6-10-22-17)23-12-14-7-3-4-8-15(14)19/h3-11,13,20,23H,1,12H2,2H3/b18-11+,20-16?,24-13-. The molecule has 2 rings (SSSR count). The first-order valence-electron chi connectivity index (χ1n) is 7.52. The summed E-state index contributed by atoms with van der Waals surface area (Å²) in [6, 6.07) is 11.8. The van der Waals surface area contributed by atoms with Crippen LogP contribution in [0.2, 0.25) is 0 Å². The van der Waals surface area contributed by atoms with E-state index in [1.165, 1.54) is 17.4 Å². The van der Waals surface area contributed by atoms with Crippen LogP contribution in [0.1, 0.15) is 11.3 Å². The SMILES string of the molecule is C=N/C=N\N(C)/C(=C/C(=N)c1ccccn1)NCc1ccccc1F. The normalized spacial score (nSPS) is 11.4. The fourth-order valence-corrected chi connectivity index (χ4v) is 2.00. The number of aliphatic imine (C=N–C) groups is 1. The summed E-state index contributed by atoms with van der Waals surface area (Å²) in [5, 5.41) is 16.8. The maximum absolute atomic E-state index is 13.8. The molecule has 0 aliphatic carbocycles. The monoisotopic (exact) mass is 338 g/mol. The molecule has 6 nitrogen and oxygen atoms in total. The van der Waals surface area contributed by atoms with Gasteiger partial charge in [-0.25, -0.2) is 4.39 Å². The number of aromatic nitrogens is 1. The van der Waals surface area contributed by atoms with Gasteiger partial charge in [-0.1, -0.05) is 24.3 Å². The van der Waals surface area contributed by atoms with Crippen molar-refractivity contribution >= 4 is 18.8 Å². The van der Waals surface area contributed by atoms with Crippen LogP contribution in [-0.2, 0) is 6.54 Å². The summed E-state index contributed by atoms with van der Waals surface area (Å²) in [6.45, 7) is 3.58. The molecule has 0 aliphatic rings. The lowest BCUT2D eigenvalue weighted by molar-refractivity contribution is 0.405. The topological polar surface area (TPSA) is 76.7 Å². The van der Waals surface area contributed by atoms with Crippen molar-refractivity contribution in [2.75, 3.05) is 7.05 Å². The molecule has 1 aromatic heterocycles. The first-order valence-corrected chi connectivity index (χ1v) is 7.52. The first-order chi connectivity index (χ1) is 12.1. The van der Waals surface area contributed by atoms with Crippen LogP contribution < -0.4 is 5.32 Å². The zero-order valence-electron chi connectivity index (χ0n) is 13.9. The van der Waals surface area contributed by atoms with Gasteiger partial charge in [0.2, 0.25) is 0 Å². The van der Waals surface area contributed by atoms with Crippen LogP contribution in [0, 0.1) is 11.2 Å². The fourth-order valence-electron chi connectivity index (χ4n) is 2.00. The quantitative estimate of drug-likeness (QED) is 0.441. The van der Waals surface area contributed by atoms with Crippen molar-refractivity contribution in [2.24, 2.45) is 10.1 Å². The number of nitrogens with zero attached hydrogens (tertiary/aromatic N) is 4. The highest BCUT2D eigenvalue weighted by Gasteiger charge is 2.08. The van der Waals surface area contributed by atoms with Crippen molar-refractivity contribution in [3.8, 4) is 0 Å². The third kappa shape index (κ3) is 5.35.